The molecule has 0 unspecified atom stereocenters. The summed E-state index contributed by atoms with van der Waals surface area (Å²) in [5, 5.41) is 13.3. The molecule has 0 saturated carbocycles. The normalized spacial score (nSPS) is 11.1. The molecule has 7 aromatic rings. The molecule has 8 nitrogen and oxygen atoms in total. The second kappa shape index (κ2) is 13.0. The molecule has 0 radical (unpaired) electrons. The Labute approximate surface area is 287 Å². The zero-order valence-corrected chi connectivity index (χ0v) is 27.8. The van der Waals surface area contributed by atoms with E-state index in [1.165, 1.54) is 0 Å². The summed E-state index contributed by atoms with van der Waals surface area (Å²) in [6.07, 6.45) is 0.336. The number of anilines is 2. The number of hydrogen-bond acceptors (Lipinski definition) is 7. The van der Waals surface area contributed by atoms with Crippen LogP contribution in [-0.2, 0) is 6.42 Å². The van der Waals surface area contributed by atoms with E-state index in [0.717, 1.165) is 27.0 Å². The molecule has 2 aromatic heterocycles. The summed E-state index contributed by atoms with van der Waals surface area (Å²) in [6, 6.07) is 33.4. The molecule has 0 saturated heterocycles. The topological polar surface area (TPSA) is 95.1 Å². The van der Waals surface area contributed by atoms with E-state index in [1.807, 2.05) is 84.9 Å². The lowest BCUT2D eigenvalue weighted by atomic mass is 10.1. The maximum absolute atomic E-state index is 14.1. The summed E-state index contributed by atoms with van der Waals surface area (Å²) >= 11 is 16.4. The van der Waals surface area contributed by atoms with E-state index in [9.17, 15) is 4.79 Å². The molecule has 232 valence electrons. The third-order valence-corrected chi connectivity index (χ3v) is 8.75. The standard InChI is InChI=1S/C36H24BrCl2N5O3/c1-46-26-16-11-22(12-17-26)35-43-42-34(47-35)21-9-14-25(15-10-21)44-32(40-31-18-13-24(37)20-27(31)36(44)45)19-23-5-2-3-8-30(23)41-33-28(38)6-4-7-29(33)39/h2-18,20,41H,19H2,1H3. The molecule has 0 aliphatic rings. The summed E-state index contributed by atoms with van der Waals surface area (Å²) in [5.41, 5.74) is 4.81. The molecule has 5 aromatic carbocycles. The summed E-state index contributed by atoms with van der Waals surface area (Å²) in [7, 11) is 1.61. The zero-order chi connectivity index (χ0) is 32.5. The van der Waals surface area contributed by atoms with Crippen molar-refractivity contribution in [3.8, 4) is 34.3 Å². The van der Waals surface area contributed by atoms with Gasteiger partial charge >= 0.3 is 0 Å². The predicted octanol–water partition coefficient (Wildman–Crippen LogP) is 9.51. The van der Waals surface area contributed by atoms with Crippen LogP contribution in [-0.4, -0.2) is 26.9 Å². The van der Waals surface area contributed by atoms with Crippen LogP contribution < -0.4 is 15.6 Å². The molecule has 0 amide bonds. The lowest BCUT2D eigenvalue weighted by molar-refractivity contribution is 0.415. The molecule has 0 fully saturated rings. The lowest BCUT2D eigenvalue weighted by Gasteiger charge is -2.17. The van der Waals surface area contributed by atoms with Crippen LogP contribution in [0.2, 0.25) is 10.0 Å². The Morgan fingerprint density at radius 3 is 2.17 bits per heavy atom. The van der Waals surface area contributed by atoms with Gasteiger partial charge in [-0.3, -0.25) is 9.36 Å². The van der Waals surface area contributed by atoms with Gasteiger partial charge < -0.3 is 14.5 Å². The SMILES string of the molecule is COc1ccc(-c2nnc(-c3ccc(-n4c(Cc5ccccc5Nc5c(Cl)cccc5Cl)nc5ccc(Br)cc5c4=O)cc3)o2)cc1. The van der Waals surface area contributed by atoms with E-state index in [1.54, 1.807) is 35.9 Å². The van der Waals surface area contributed by atoms with Gasteiger partial charge in [-0.25, -0.2) is 4.98 Å². The molecule has 1 N–H and O–H groups in total. The smallest absolute Gasteiger partial charge is 0.266 e. The molecular weight excluding hydrogens is 701 g/mol. The molecule has 0 aliphatic heterocycles. The van der Waals surface area contributed by atoms with E-state index in [2.05, 4.69) is 31.4 Å². The fourth-order valence-corrected chi connectivity index (χ4v) is 6.10. The fourth-order valence-electron chi connectivity index (χ4n) is 5.25. The predicted molar refractivity (Wildman–Crippen MR) is 189 cm³/mol. The van der Waals surface area contributed by atoms with Crippen molar-refractivity contribution in [1.82, 2.24) is 19.7 Å². The Bertz CT molecular complexity index is 2280. The van der Waals surface area contributed by atoms with Gasteiger partial charge in [0.1, 0.15) is 11.6 Å². The van der Waals surface area contributed by atoms with Gasteiger partial charge in [0.15, 0.2) is 0 Å². The molecule has 0 bridgehead atoms. The highest BCUT2D eigenvalue weighted by Crippen LogP contribution is 2.34. The Balaban J connectivity index is 1.27. The van der Waals surface area contributed by atoms with Crippen LogP contribution in [0.15, 0.2) is 123 Å². The van der Waals surface area contributed by atoms with Crippen molar-refractivity contribution in [2.75, 3.05) is 12.4 Å². The Morgan fingerprint density at radius 2 is 1.49 bits per heavy atom. The van der Waals surface area contributed by atoms with Crippen LogP contribution >= 0.6 is 39.1 Å². The number of nitrogens with one attached hydrogen (secondary N) is 1. The third-order valence-electron chi connectivity index (χ3n) is 7.62. The summed E-state index contributed by atoms with van der Waals surface area (Å²) in [4.78, 5) is 19.1. The average Bonchev–Trinajstić information content (AvgIpc) is 3.58. The van der Waals surface area contributed by atoms with Crippen molar-refractivity contribution in [2.24, 2.45) is 0 Å². The number of ether oxygens (including phenoxy) is 1. The molecular formula is C36H24BrCl2N5O3. The molecule has 47 heavy (non-hydrogen) atoms. The Kier molecular flexibility index (Phi) is 8.51. The second-order valence-electron chi connectivity index (χ2n) is 10.6. The highest BCUT2D eigenvalue weighted by molar-refractivity contribution is 9.10. The van der Waals surface area contributed by atoms with Crippen LogP contribution in [0, 0.1) is 0 Å². The molecule has 11 heteroatoms. The molecule has 7 rings (SSSR count). The summed E-state index contributed by atoms with van der Waals surface area (Å²) in [5.74, 6) is 2.03. The minimum atomic E-state index is -0.196. The Morgan fingerprint density at radius 1 is 0.830 bits per heavy atom. The number of rotatable bonds is 8. The molecule has 2 heterocycles. The number of benzene rings is 5. The lowest BCUT2D eigenvalue weighted by Crippen LogP contribution is -2.24. The van der Waals surface area contributed by atoms with E-state index >= 15 is 0 Å². The number of halogens is 3. The maximum atomic E-state index is 14.1. The van der Waals surface area contributed by atoms with Crippen molar-refractivity contribution in [3.63, 3.8) is 0 Å². The first-order valence-corrected chi connectivity index (χ1v) is 16.0. The fraction of sp³-hybridized carbons (Fsp3) is 0.0556. The largest absolute Gasteiger partial charge is 0.497 e. The van der Waals surface area contributed by atoms with Crippen LogP contribution in [0.1, 0.15) is 11.4 Å². The average molecular weight is 725 g/mol. The molecule has 0 spiro atoms. The van der Waals surface area contributed by atoms with Crippen molar-refractivity contribution < 1.29 is 9.15 Å². The minimum absolute atomic E-state index is 0.196. The minimum Gasteiger partial charge on any atom is -0.497 e. The van der Waals surface area contributed by atoms with Crippen molar-refractivity contribution in [3.05, 3.63) is 145 Å². The van der Waals surface area contributed by atoms with Gasteiger partial charge in [-0.05, 0) is 90.5 Å². The van der Waals surface area contributed by atoms with E-state index in [4.69, 9.17) is 37.3 Å². The first-order valence-electron chi connectivity index (χ1n) is 14.5. The first-order chi connectivity index (χ1) is 22.9. The van der Waals surface area contributed by atoms with Crippen LogP contribution in [0.25, 0.3) is 39.5 Å². The summed E-state index contributed by atoms with van der Waals surface area (Å²) < 4.78 is 13.6. The number of methoxy groups -OCH3 is 1. The van der Waals surface area contributed by atoms with Crippen molar-refractivity contribution in [2.45, 2.75) is 6.42 Å². The van der Waals surface area contributed by atoms with Crippen LogP contribution in [0.5, 0.6) is 5.75 Å². The molecule has 0 aliphatic carbocycles. The second-order valence-corrected chi connectivity index (χ2v) is 12.3. The highest BCUT2D eigenvalue weighted by Gasteiger charge is 2.18. The van der Waals surface area contributed by atoms with Gasteiger partial charge in [-0.1, -0.05) is 63.4 Å². The summed E-state index contributed by atoms with van der Waals surface area (Å²) in [6.45, 7) is 0. The number of nitrogens with zero attached hydrogens (tertiary/aromatic N) is 4. The monoisotopic (exact) mass is 723 g/mol. The maximum Gasteiger partial charge on any atom is 0.266 e. The van der Waals surface area contributed by atoms with Crippen molar-refractivity contribution in [1.29, 1.82) is 0 Å². The van der Waals surface area contributed by atoms with Crippen LogP contribution in [0.4, 0.5) is 11.4 Å². The van der Waals surface area contributed by atoms with Gasteiger partial charge in [0.25, 0.3) is 5.56 Å². The molecule has 0 atom stereocenters. The van der Waals surface area contributed by atoms with Gasteiger partial charge in [0.2, 0.25) is 11.8 Å². The Hall–Kier alpha value is -4.96. The third kappa shape index (κ3) is 6.25. The van der Waals surface area contributed by atoms with Gasteiger partial charge in [0.05, 0.1) is 39.4 Å². The quantitative estimate of drug-likeness (QED) is 0.167. The zero-order valence-electron chi connectivity index (χ0n) is 24.7. The van der Waals surface area contributed by atoms with Crippen LogP contribution in [0.3, 0.4) is 0 Å². The van der Waals surface area contributed by atoms with Crippen molar-refractivity contribution >= 4 is 61.4 Å². The number of para-hydroxylation sites is 2. The van der Waals surface area contributed by atoms with Gasteiger partial charge in [-0.15, -0.1) is 10.2 Å². The number of aromatic nitrogens is 4. The van der Waals surface area contributed by atoms with Gasteiger partial charge in [-0.2, -0.15) is 0 Å². The first kappa shape index (κ1) is 30.7. The van der Waals surface area contributed by atoms with E-state index < -0.39 is 0 Å². The highest BCUT2D eigenvalue weighted by atomic mass is 79.9. The number of hydrogen-bond donors (Lipinski definition) is 1. The van der Waals surface area contributed by atoms with E-state index in [-0.39, 0.29) is 5.56 Å². The van der Waals surface area contributed by atoms with Gasteiger partial charge in [0, 0.05) is 27.7 Å². The number of fused-ring (bicyclic) bond motifs is 1. The van der Waals surface area contributed by atoms with E-state index in [0.29, 0.717) is 61.9 Å².